The first-order valence-corrected chi connectivity index (χ1v) is 20.3. The normalized spacial score (nSPS) is 25.8. The number of fused-ring (bicyclic) bond motifs is 1. The maximum absolute atomic E-state index is 14.6. The molecule has 2 aromatic carbocycles. The molecule has 1 unspecified atom stereocenters. The van der Waals surface area contributed by atoms with Crippen LogP contribution < -0.4 is 15.4 Å². The molecule has 3 fully saturated rings. The maximum atomic E-state index is 14.6. The van der Waals surface area contributed by atoms with E-state index in [1.54, 1.807) is 17.4 Å². The van der Waals surface area contributed by atoms with E-state index in [-0.39, 0.29) is 37.5 Å². The predicted molar refractivity (Wildman–Crippen MR) is 212 cm³/mol. The third-order valence-corrected chi connectivity index (χ3v) is 12.2. The Morgan fingerprint density at radius 1 is 1.09 bits per heavy atom. The fourth-order valence-electron chi connectivity index (χ4n) is 8.09. The Labute approximate surface area is 331 Å². The van der Waals surface area contributed by atoms with Crippen molar-refractivity contribution in [3.05, 3.63) is 89.8 Å². The zero-order chi connectivity index (χ0) is 39.6. The second-order valence-corrected chi connectivity index (χ2v) is 17.3. The number of hydrogen-bond acceptors (Lipinski definition) is 9. The first kappa shape index (κ1) is 39.1. The number of rotatable bonds is 12. The molecule has 56 heavy (non-hydrogen) atoms. The summed E-state index contributed by atoms with van der Waals surface area (Å²) >= 11 is 1.63. The molecule has 2 aliphatic carbocycles. The quantitative estimate of drug-likeness (QED) is 0.128. The van der Waals surface area contributed by atoms with E-state index in [0.29, 0.717) is 24.3 Å². The van der Waals surface area contributed by atoms with Crippen molar-refractivity contribution in [1.82, 2.24) is 15.5 Å². The number of carbonyl (C=O) groups is 4. The number of allylic oxidation sites excluding steroid dienone is 1. The molecule has 12 nitrogen and oxygen atoms in total. The van der Waals surface area contributed by atoms with Crippen molar-refractivity contribution in [3.63, 3.8) is 0 Å². The van der Waals surface area contributed by atoms with Crippen LogP contribution in [0.5, 0.6) is 5.75 Å². The van der Waals surface area contributed by atoms with Gasteiger partial charge in [-0.05, 0) is 90.6 Å². The summed E-state index contributed by atoms with van der Waals surface area (Å²) in [7, 11) is 0. The highest BCUT2D eigenvalue weighted by Gasteiger charge is 2.62. The number of ether oxygens (including phenoxy) is 2. The third-order valence-electron chi connectivity index (χ3n) is 11.3. The van der Waals surface area contributed by atoms with Crippen LogP contribution in [0.3, 0.4) is 0 Å². The van der Waals surface area contributed by atoms with Crippen molar-refractivity contribution in [3.8, 4) is 16.2 Å². The molecule has 3 N–H and O–H groups in total. The molecule has 3 aromatic rings. The fourth-order valence-corrected chi connectivity index (χ4v) is 8.81. The van der Waals surface area contributed by atoms with Crippen LogP contribution in [0, 0.1) is 11.3 Å². The van der Waals surface area contributed by atoms with Crippen molar-refractivity contribution in [1.29, 1.82) is 0 Å². The summed E-state index contributed by atoms with van der Waals surface area (Å²) in [5, 5.41) is 22.5. The smallest absolute Gasteiger partial charge is 0.408 e. The van der Waals surface area contributed by atoms with Gasteiger partial charge in [0, 0.05) is 23.3 Å². The van der Waals surface area contributed by atoms with Crippen molar-refractivity contribution in [2.45, 2.75) is 108 Å². The molecule has 0 radical (unpaired) electrons. The number of benzene rings is 2. The van der Waals surface area contributed by atoms with Crippen LogP contribution in [0.1, 0.15) is 89.4 Å². The largest absolute Gasteiger partial charge is 0.485 e. The number of carbonyl (C=O) groups excluding carboxylic acids is 3. The Morgan fingerprint density at radius 3 is 2.54 bits per heavy atom. The van der Waals surface area contributed by atoms with Crippen LogP contribution in [-0.2, 0) is 24.0 Å². The number of amides is 3. The Balaban J connectivity index is 1.17. The minimum atomic E-state index is -1.45. The summed E-state index contributed by atoms with van der Waals surface area (Å²) < 4.78 is 12.1. The van der Waals surface area contributed by atoms with E-state index in [9.17, 15) is 24.3 Å². The second-order valence-electron chi connectivity index (χ2n) is 16.4. The average molecular weight is 783 g/mol. The molecular weight excluding hydrogens is 733 g/mol. The number of carboxylic acids is 1. The lowest BCUT2D eigenvalue weighted by atomic mass is 9.85. The molecule has 2 aliphatic heterocycles. The Morgan fingerprint density at radius 2 is 1.86 bits per heavy atom. The van der Waals surface area contributed by atoms with Crippen LogP contribution in [0.15, 0.2) is 83.9 Å². The Hall–Kier alpha value is -5.17. The van der Waals surface area contributed by atoms with Gasteiger partial charge in [0.1, 0.15) is 41.7 Å². The Kier molecular flexibility index (Phi) is 11.3. The first-order chi connectivity index (χ1) is 26.9. The van der Waals surface area contributed by atoms with Crippen molar-refractivity contribution < 1.29 is 38.6 Å². The van der Waals surface area contributed by atoms with Crippen LogP contribution in [0.2, 0.25) is 0 Å². The van der Waals surface area contributed by atoms with Crippen LogP contribution in [-0.4, -0.2) is 76.0 Å². The molecule has 2 saturated carbocycles. The van der Waals surface area contributed by atoms with Gasteiger partial charge in [0.25, 0.3) is 0 Å². The van der Waals surface area contributed by atoms with Gasteiger partial charge in [-0.2, -0.15) is 0 Å². The zero-order valence-corrected chi connectivity index (χ0v) is 32.9. The van der Waals surface area contributed by atoms with E-state index < -0.39 is 53.0 Å². The second kappa shape index (κ2) is 16.1. The number of carboxylic acid groups (broad SMARTS) is 1. The summed E-state index contributed by atoms with van der Waals surface area (Å²) in [6.07, 6.45) is 4.33. The maximum Gasteiger partial charge on any atom is 0.408 e. The Bertz CT molecular complexity index is 1970. The number of hydrogen-bond donors (Lipinski definition) is 3. The van der Waals surface area contributed by atoms with Crippen LogP contribution in [0.4, 0.5) is 4.79 Å². The molecule has 6 atom stereocenters. The lowest BCUT2D eigenvalue weighted by molar-refractivity contribution is -0.146. The van der Waals surface area contributed by atoms with Crippen LogP contribution >= 0.6 is 11.3 Å². The summed E-state index contributed by atoms with van der Waals surface area (Å²) in [4.78, 5) is 63.1. The molecular formula is C43H50N4O8S. The van der Waals surface area contributed by atoms with Gasteiger partial charge in [0.2, 0.25) is 11.8 Å². The van der Waals surface area contributed by atoms with E-state index in [0.717, 1.165) is 47.3 Å². The zero-order valence-electron chi connectivity index (χ0n) is 32.1. The van der Waals surface area contributed by atoms with E-state index in [1.165, 1.54) is 4.90 Å². The van der Waals surface area contributed by atoms with E-state index >= 15 is 0 Å². The van der Waals surface area contributed by atoms with Gasteiger partial charge >= 0.3 is 12.1 Å². The van der Waals surface area contributed by atoms with Gasteiger partial charge in [0.15, 0.2) is 0 Å². The topological polar surface area (TPSA) is 156 Å². The number of alkyl carbamates (subject to hydrolysis) is 1. The molecule has 13 heteroatoms. The SMILES string of the molecule is C=CC[C@@H]1C[C@]1(NC(=O)[C@@H]1C[C@@H](O/N=C2\CC(c3ccccc3)Oc3ccc(-c4cccs4)cc32)CN1C(=O)[C@@H](NC(=O)OC1CCCC1)C(C)(C)C)C(=O)O. The minimum absolute atomic E-state index is 0.0174. The number of likely N-dealkylation sites (tertiary alicyclic amines) is 1. The summed E-state index contributed by atoms with van der Waals surface area (Å²) in [5.74, 6) is -1.89. The highest BCUT2D eigenvalue weighted by atomic mass is 32.1. The van der Waals surface area contributed by atoms with Crippen LogP contribution in [0.25, 0.3) is 10.4 Å². The van der Waals surface area contributed by atoms with Gasteiger partial charge in [-0.3, -0.25) is 9.59 Å². The minimum Gasteiger partial charge on any atom is -0.485 e. The summed E-state index contributed by atoms with van der Waals surface area (Å²) in [6, 6.07) is 17.8. The number of nitrogens with one attached hydrogen (secondary N) is 2. The molecule has 1 saturated heterocycles. The monoisotopic (exact) mass is 782 g/mol. The fraction of sp³-hybridized carbons (Fsp3) is 0.465. The average Bonchev–Trinajstić information content (AvgIpc) is 3.69. The molecule has 296 valence electrons. The van der Waals surface area contributed by atoms with Gasteiger partial charge in [-0.1, -0.05) is 68.4 Å². The first-order valence-electron chi connectivity index (χ1n) is 19.4. The number of oxime groups is 1. The molecule has 0 bridgehead atoms. The van der Waals surface area contributed by atoms with Crippen molar-refractivity contribution in [2.24, 2.45) is 16.5 Å². The highest BCUT2D eigenvalue weighted by molar-refractivity contribution is 7.13. The molecule has 0 spiro atoms. The molecule has 7 rings (SSSR count). The highest BCUT2D eigenvalue weighted by Crippen LogP contribution is 2.47. The molecule has 3 amide bonds. The number of aliphatic carboxylic acids is 1. The lowest BCUT2D eigenvalue weighted by Gasteiger charge is -2.35. The summed E-state index contributed by atoms with van der Waals surface area (Å²) in [5.41, 5.74) is 1.21. The number of thiophene rings is 1. The van der Waals surface area contributed by atoms with Gasteiger partial charge in [-0.15, -0.1) is 17.9 Å². The molecule has 3 heterocycles. The predicted octanol–water partition coefficient (Wildman–Crippen LogP) is 7.25. The standard InChI is InChI=1S/C43H50N4O8S/c1-5-12-28-24-43(28,40(50)51)45-38(48)33-22-30(25-47(33)39(49)37(42(2,3)4)44-41(52)53-29-15-9-10-16-29)55-46-32-23-35(26-13-7-6-8-14-26)54-34-19-18-27(21-31(32)34)36-17-11-20-56-36/h5-8,11,13-14,17-21,28-30,33,35,37H,1,9-10,12,15-16,22-25H2,2-4H3,(H,44,52)(H,45,48)(H,50,51)/b46-32+/t28-,30-,33+,35?,37-,43-/m1/s1. The van der Waals surface area contributed by atoms with Gasteiger partial charge in [0.05, 0.1) is 12.3 Å². The van der Waals surface area contributed by atoms with Gasteiger partial charge < -0.3 is 35.0 Å². The lowest BCUT2D eigenvalue weighted by Crippen LogP contribution is -2.59. The van der Waals surface area contributed by atoms with Crippen molar-refractivity contribution >= 4 is 40.9 Å². The molecule has 4 aliphatic rings. The van der Waals surface area contributed by atoms with E-state index in [1.807, 2.05) is 80.7 Å². The van der Waals surface area contributed by atoms with Crippen molar-refractivity contribution in [2.75, 3.05) is 6.54 Å². The van der Waals surface area contributed by atoms with E-state index in [2.05, 4.69) is 23.3 Å². The summed E-state index contributed by atoms with van der Waals surface area (Å²) in [6.45, 7) is 9.21. The third kappa shape index (κ3) is 8.33. The molecule has 1 aromatic heterocycles. The number of nitrogens with zero attached hydrogens (tertiary/aromatic N) is 2. The van der Waals surface area contributed by atoms with Gasteiger partial charge in [-0.25, -0.2) is 9.59 Å². The van der Waals surface area contributed by atoms with E-state index in [4.69, 9.17) is 19.5 Å².